The highest BCUT2D eigenvalue weighted by molar-refractivity contribution is 7.52. The second-order valence-electron chi connectivity index (χ2n) is 7.15. The second kappa shape index (κ2) is 19.7. The summed E-state index contributed by atoms with van der Waals surface area (Å²) >= 11 is 0. The first kappa shape index (κ1) is 32.4. The van der Waals surface area contributed by atoms with Gasteiger partial charge in [-0.3, -0.25) is 13.8 Å². The van der Waals surface area contributed by atoms with Crippen molar-refractivity contribution in [2.24, 2.45) is 10.5 Å². The number of likely N-dealkylation sites (N-methyl/N-ethyl adjacent to an activating group) is 1. The van der Waals surface area contributed by atoms with Crippen LogP contribution in [0.5, 0.6) is 0 Å². The number of carboxylic acid groups (broad SMARTS) is 1. The molecule has 0 aromatic rings. The summed E-state index contributed by atoms with van der Waals surface area (Å²) in [7, 11) is -2.98. The maximum absolute atomic E-state index is 13.0. The molecule has 0 unspecified atom stereocenters. The Labute approximate surface area is 205 Å². The Morgan fingerprint density at radius 2 is 1.23 bits per heavy atom. The number of carbonyl (C=O) groups is 3. The topological polar surface area (TPSA) is 186 Å². The van der Waals surface area contributed by atoms with Crippen LogP contribution in [0.4, 0.5) is 9.59 Å². The molecule has 0 fully saturated rings. The number of carbonyl (C=O) groups excluding carboxylic acids is 2. The van der Waals surface area contributed by atoms with E-state index < -0.39 is 38.5 Å². The summed E-state index contributed by atoms with van der Waals surface area (Å²) in [4.78, 5) is 34.9. The predicted octanol–water partition coefficient (Wildman–Crippen LogP) is 3.15. The van der Waals surface area contributed by atoms with E-state index in [1.54, 1.807) is 0 Å². The van der Waals surface area contributed by atoms with Gasteiger partial charge in [-0.25, -0.2) is 14.2 Å². The van der Waals surface area contributed by atoms with Crippen LogP contribution in [-0.2, 0) is 37.4 Å². The molecule has 35 heavy (non-hydrogen) atoms. The van der Waals surface area contributed by atoms with Gasteiger partial charge in [-0.1, -0.05) is 39.5 Å². The Hall–Kier alpha value is -2.57. The Morgan fingerprint density at radius 3 is 1.63 bits per heavy atom. The second-order valence-corrected chi connectivity index (χ2v) is 8.80. The number of carboxylic acids is 1. The number of aliphatic carboxylic acids is 1. The third-order valence-corrected chi connectivity index (χ3v) is 5.51. The third kappa shape index (κ3) is 18.4. The van der Waals surface area contributed by atoms with Crippen LogP contribution in [0.2, 0.25) is 0 Å². The van der Waals surface area contributed by atoms with Crippen molar-refractivity contribution >= 4 is 32.0 Å². The summed E-state index contributed by atoms with van der Waals surface area (Å²) in [6.07, 6.45) is 3.36. The largest absolute Gasteiger partial charge is 0.508 e. The summed E-state index contributed by atoms with van der Waals surface area (Å²) in [6, 6.07) is 0. The van der Waals surface area contributed by atoms with E-state index in [4.69, 9.17) is 38.8 Å². The summed E-state index contributed by atoms with van der Waals surface area (Å²) in [5.74, 6) is -1.62. The fraction of sp³-hybridized carbons (Fsp3) is 0.800. The van der Waals surface area contributed by atoms with Crippen molar-refractivity contribution < 1.29 is 52.1 Å². The maximum atomic E-state index is 13.0. The van der Waals surface area contributed by atoms with Crippen molar-refractivity contribution in [1.29, 1.82) is 0 Å². The van der Waals surface area contributed by atoms with Gasteiger partial charge in [0, 0.05) is 7.05 Å². The number of hydrogen-bond donors (Lipinski definition) is 2. The van der Waals surface area contributed by atoms with Gasteiger partial charge in [0.15, 0.2) is 0 Å². The molecule has 14 nitrogen and oxygen atoms in total. The first-order valence-corrected chi connectivity index (χ1v) is 12.9. The highest BCUT2D eigenvalue weighted by Crippen LogP contribution is 2.49. The highest BCUT2D eigenvalue weighted by atomic mass is 31.2. The maximum Gasteiger partial charge on any atom is 0.508 e. The van der Waals surface area contributed by atoms with Crippen molar-refractivity contribution in [3.8, 4) is 0 Å². The van der Waals surface area contributed by atoms with Crippen molar-refractivity contribution in [1.82, 2.24) is 4.90 Å². The molecule has 0 saturated heterocycles. The zero-order chi connectivity index (χ0) is 26.5. The Kier molecular flexibility index (Phi) is 18.3. The van der Waals surface area contributed by atoms with E-state index in [0.717, 1.165) is 30.6 Å². The third-order valence-electron chi connectivity index (χ3n) is 4.04. The average Bonchev–Trinajstić information content (AvgIpc) is 2.80. The summed E-state index contributed by atoms with van der Waals surface area (Å²) in [6.45, 7) is 2.52. The van der Waals surface area contributed by atoms with Crippen LogP contribution in [0.3, 0.4) is 0 Å². The molecule has 0 atom stereocenters. The predicted molar refractivity (Wildman–Crippen MR) is 125 cm³/mol. The van der Waals surface area contributed by atoms with E-state index in [1.807, 2.05) is 13.8 Å². The highest BCUT2D eigenvalue weighted by Gasteiger charge is 2.26. The van der Waals surface area contributed by atoms with Crippen LogP contribution >= 0.6 is 7.75 Å². The number of guanidine groups is 1. The van der Waals surface area contributed by atoms with Crippen molar-refractivity contribution in [2.75, 3.05) is 53.2 Å². The molecule has 0 aromatic carbocycles. The zero-order valence-electron chi connectivity index (χ0n) is 20.6. The van der Waals surface area contributed by atoms with E-state index in [2.05, 4.69) is 4.76 Å². The van der Waals surface area contributed by atoms with Gasteiger partial charge in [-0.05, 0) is 12.8 Å². The molecule has 0 saturated carbocycles. The lowest BCUT2D eigenvalue weighted by Gasteiger charge is -2.19. The van der Waals surface area contributed by atoms with Gasteiger partial charge < -0.3 is 34.7 Å². The average molecular weight is 528 g/mol. The van der Waals surface area contributed by atoms with Gasteiger partial charge in [0.1, 0.15) is 19.8 Å². The van der Waals surface area contributed by atoms with E-state index in [0.29, 0.717) is 12.8 Å². The minimum atomic E-state index is -4.29. The summed E-state index contributed by atoms with van der Waals surface area (Å²) < 4.78 is 46.3. The first-order chi connectivity index (χ1) is 16.6. The normalized spacial score (nSPS) is 11.6. The quantitative estimate of drug-likeness (QED) is 0.0821. The van der Waals surface area contributed by atoms with Gasteiger partial charge in [-0.2, -0.15) is 0 Å². The fourth-order valence-electron chi connectivity index (χ4n) is 2.23. The molecule has 0 rings (SSSR count). The van der Waals surface area contributed by atoms with Crippen LogP contribution in [0.1, 0.15) is 52.4 Å². The zero-order valence-corrected chi connectivity index (χ0v) is 21.5. The molecular formula is C20H38N3O11P. The molecule has 15 heteroatoms. The van der Waals surface area contributed by atoms with Crippen molar-refractivity contribution in [3.63, 3.8) is 0 Å². The number of nitrogens with two attached hydrogens (primary N) is 1. The van der Waals surface area contributed by atoms with Gasteiger partial charge in [-0.15, -0.1) is 4.76 Å². The minimum absolute atomic E-state index is 0.215. The van der Waals surface area contributed by atoms with Crippen LogP contribution in [0.25, 0.3) is 0 Å². The minimum Gasteiger partial charge on any atom is -0.480 e. The van der Waals surface area contributed by atoms with Crippen LogP contribution < -0.4 is 5.73 Å². The van der Waals surface area contributed by atoms with Gasteiger partial charge in [0.2, 0.25) is 5.96 Å². The van der Waals surface area contributed by atoms with E-state index in [1.165, 1.54) is 7.05 Å². The summed E-state index contributed by atoms with van der Waals surface area (Å²) in [5, 5.41) is 8.86. The monoisotopic (exact) mass is 527 g/mol. The van der Waals surface area contributed by atoms with E-state index in [9.17, 15) is 18.9 Å². The fourth-order valence-corrected chi connectivity index (χ4v) is 3.44. The van der Waals surface area contributed by atoms with Crippen molar-refractivity contribution in [3.05, 3.63) is 0 Å². The number of ether oxygens (including phenoxy) is 4. The number of nitrogens with zero attached hydrogens (tertiary/aromatic N) is 2. The van der Waals surface area contributed by atoms with E-state index in [-0.39, 0.29) is 39.6 Å². The van der Waals surface area contributed by atoms with Crippen molar-refractivity contribution in [2.45, 2.75) is 52.4 Å². The van der Waals surface area contributed by atoms with Crippen LogP contribution in [0.15, 0.2) is 4.76 Å². The van der Waals surface area contributed by atoms with Gasteiger partial charge >= 0.3 is 26.0 Å². The van der Waals surface area contributed by atoms with Gasteiger partial charge in [0.05, 0.1) is 26.4 Å². The Balaban J connectivity index is 4.73. The molecule has 204 valence electrons. The molecular weight excluding hydrogens is 489 g/mol. The lowest BCUT2D eigenvalue weighted by Crippen LogP contribution is -2.37. The number of unbranched alkanes of at least 4 members (excludes halogenated alkanes) is 4. The molecule has 0 amide bonds. The molecule has 0 bridgehead atoms. The summed E-state index contributed by atoms with van der Waals surface area (Å²) in [5.41, 5.74) is 5.69. The molecule has 0 radical (unpaired) electrons. The standard InChI is InChI=1S/C20H38N3O11P/c1-4-6-8-10-29-19(26)31-12-14-33-35(28,22-18(21)23(3)16-17(24)25)34-15-13-32-20(27)30-11-9-7-5-2/h4-16H2,1-3H3,(H,24,25)(H2,21,22,28). The molecule has 0 aliphatic heterocycles. The lowest BCUT2D eigenvalue weighted by atomic mass is 10.3. The van der Waals surface area contributed by atoms with Gasteiger partial charge in [0.25, 0.3) is 0 Å². The molecule has 3 N–H and O–H groups in total. The molecule has 0 heterocycles. The number of rotatable bonds is 19. The van der Waals surface area contributed by atoms with Crippen LogP contribution in [-0.4, -0.2) is 87.5 Å². The van der Waals surface area contributed by atoms with E-state index >= 15 is 0 Å². The van der Waals surface area contributed by atoms with Crippen LogP contribution in [0, 0.1) is 0 Å². The molecule has 0 aliphatic rings. The molecule has 0 aliphatic carbocycles. The SMILES string of the molecule is CCCCCOC(=O)OCCOP(=O)(/N=C(\N)N(C)CC(=O)O)OCCOC(=O)OCCCCC. The lowest BCUT2D eigenvalue weighted by molar-refractivity contribution is -0.137. The first-order valence-electron chi connectivity index (χ1n) is 11.4. The molecule has 0 spiro atoms. The Bertz CT molecular complexity index is 670. The number of hydrogen-bond acceptors (Lipinski definition) is 10. The molecule has 0 aromatic heterocycles. The Morgan fingerprint density at radius 1 is 0.800 bits per heavy atom. The smallest absolute Gasteiger partial charge is 0.480 e.